The van der Waals surface area contributed by atoms with Crippen molar-refractivity contribution >= 4 is 22.4 Å². The van der Waals surface area contributed by atoms with Crippen LogP contribution in [0.15, 0.2) is 17.0 Å². The number of rotatable bonds is 7. The van der Waals surface area contributed by atoms with Crippen LogP contribution >= 0.6 is 12.4 Å². The smallest absolute Gasteiger partial charge is 0.248 e. The summed E-state index contributed by atoms with van der Waals surface area (Å²) in [5.41, 5.74) is 5.82. The highest BCUT2D eigenvalue weighted by molar-refractivity contribution is 7.89. The molecule has 7 nitrogen and oxygen atoms in total. The minimum Gasteiger partial charge on any atom is -0.496 e. The summed E-state index contributed by atoms with van der Waals surface area (Å²) in [6, 6.07) is 3.02. The lowest BCUT2D eigenvalue weighted by Crippen LogP contribution is -2.51. The first-order valence-corrected chi connectivity index (χ1v) is 9.42. The van der Waals surface area contributed by atoms with Crippen LogP contribution < -0.4 is 24.7 Å². The molecule has 1 aromatic carbocycles. The van der Waals surface area contributed by atoms with Gasteiger partial charge in [0.1, 0.15) is 17.2 Å². The molecular formula is C16H27ClN2O5S. The first-order chi connectivity index (χ1) is 11.3. The van der Waals surface area contributed by atoms with E-state index in [0.29, 0.717) is 5.75 Å². The SMILES string of the molecule is COc1cc(OC)c(S(=O)(=O)NCC2(N)CCCCC2)c(OC)c1.Cl. The summed E-state index contributed by atoms with van der Waals surface area (Å²) in [6.45, 7) is 0.188. The molecule has 9 heteroatoms. The molecule has 1 aliphatic carbocycles. The van der Waals surface area contributed by atoms with Crippen molar-refractivity contribution in [3.05, 3.63) is 12.1 Å². The standard InChI is InChI=1S/C16H26N2O5S.ClH/c1-21-12-9-13(22-2)15(14(10-12)23-3)24(19,20)18-11-16(17)7-5-4-6-8-16;/h9-10,18H,4-8,11,17H2,1-3H3;1H. The predicted octanol–water partition coefficient (Wildman–Crippen LogP) is 2.07. The third-order valence-corrected chi connectivity index (χ3v) is 5.87. The molecule has 0 unspecified atom stereocenters. The van der Waals surface area contributed by atoms with Gasteiger partial charge in [0.15, 0.2) is 4.90 Å². The fourth-order valence-electron chi connectivity index (χ4n) is 2.98. The van der Waals surface area contributed by atoms with E-state index in [1.807, 2.05) is 0 Å². The minimum absolute atomic E-state index is 0. The molecule has 1 fully saturated rings. The lowest BCUT2D eigenvalue weighted by Gasteiger charge is -2.33. The van der Waals surface area contributed by atoms with Crippen LogP contribution in [0.4, 0.5) is 0 Å². The molecule has 0 saturated heterocycles. The van der Waals surface area contributed by atoms with Crippen molar-refractivity contribution in [1.29, 1.82) is 0 Å². The molecule has 0 heterocycles. The van der Waals surface area contributed by atoms with E-state index in [9.17, 15) is 8.42 Å². The van der Waals surface area contributed by atoms with Gasteiger partial charge in [-0.25, -0.2) is 13.1 Å². The second-order valence-corrected chi connectivity index (χ2v) is 7.81. The summed E-state index contributed by atoms with van der Waals surface area (Å²) >= 11 is 0. The molecule has 144 valence electrons. The van der Waals surface area contributed by atoms with Crippen molar-refractivity contribution in [1.82, 2.24) is 4.72 Å². The summed E-state index contributed by atoms with van der Waals surface area (Å²) in [6.07, 6.45) is 4.81. The Hall–Kier alpha value is -1.22. The van der Waals surface area contributed by atoms with E-state index in [2.05, 4.69) is 4.72 Å². The molecule has 3 N–H and O–H groups in total. The molecule has 0 bridgehead atoms. The van der Waals surface area contributed by atoms with Gasteiger partial charge in [0.2, 0.25) is 10.0 Å². The molecule has 0 aromatic heterocycles. The van der Waals surface area contributed by atoms with Gasteiger partial charge in [-0.3, -0.25) is 0 Å². The van der Waals surface area contributed by atoms with E-state index in [0.717, 1.165) is 32.1 Å². The van der Waals surface area contributed by atoms with E-state index in [1.165, 1.54) is 33.5 Å². The van der Waals surface area contributed by atoms with Crippen molar-refractivity contribution in [2.24, 2.45) is 5.73 Å². The zero-order chi connectivity index (χ0) is 17.8. The Kier molecular flexibility index (Phi) is 7.80. The van der Waals surface area contributed by atoms with Gasteiger partial charge in [-0.2, -0.15) is 0 Å². The number of benzene rings is 1. The topological polar surface area (TPSA) is 99.9 Å². The van der Waals surface area contributed by atoms with Gasteiger partial charge in [-0.1, -0.05) is 19.3 Å². The lowest BCUT2D eigenvalue weighted by molar-refractivity contribution is 0.296. The van der Waals surface area contributed by atoms with Gasteiger partial charge in [0.25, 0.3) is 0 Å². The van der Waals surface area contributed by atoms with Crippen LogP contribution in [0.3, 0.4) is 0 Å². The number of hydrogen-bond acceptors (Lipinski definition) is 6. The van der Waals surface area contributed by atoms with Crippen molar-refractivity contribution in [3.8, 4) is 17.2 Å². The van der Waals surface area contributed by atoms with Crippen LogP contribution in [-0.2, 0) is 10.0 Å². The molecule has 0 amide bonds. The highest BCUT2D eigenvalue weighted by Crippen LogP contribution is 2.37. The summed E-state index contributed by atoms with van der Waals surface area (Å²) in [4.78, 5) is -0.0484. The first-order valence-electron chi connectivity index (χ1n) is 7.94. The van der Waals surface area contributed by atoms with Crippen molar-refractivity contribution in [2.75, 3.05) is 27.9 Å². The predicted molar refractivity (Wildman–Crippen MR) is 98.5 cm³/mol. The largest absolute Gasteiger partial charge is 0.496 e. The van der Waals surface area contributed by atoms with E-state index in [4.69, 9.17) is 19.9 Å². The maximum atomic E-state index is 12.8. The normalized spacial score (nSPS) is 16.6. The van der Waals surface area contributed by atoms with Gasteiger partial charge in [-0.15, -0.1) is 12.4 Å². The van der Waals surface area contributed by atoms with Crippen molar-refractivity contribution in [3.63, 3.8) is 0 Å². The van der Waals surface area contributed by atoms with Gasteiger partial charge >= 0.3 is 0 Å². The summed E-state index contributed by atoms with van der Waals surface area (Å²) in [7, 11) is 0.447. The third-order valence-electron chi connectivity index (χ3n) is 4.40. The second kappa shape index (κ2) is 8.93. The number of ether oxygens (including phenoxy) is 3. The Morgan fingerprint density at radius 1 is 1.04 bits per heavy atom. The van der Waals surface area contributed by atoms with Crippen LogP contribution in [0.1, 0.15) is 32.1 Å². The van der Waals surface area contributed by atoms with Gasteiger partial charge in [0, 0.05) is 24.2 Å². The van der Waals surface area contributed by atoms with E-state index >= 15 is 0 Å². The molecule has 1 aromatic rings. The number of sulfonamides is 1. The number of methoxy groups -OCH3 is 3. The van der Waals surface area contributed by atoms with Gasteiger partial charge in [0.05, 0.1) is 21.3 Å². The maximum absolute atomic E-state index is 12.8. The van der Waals surface area contributed by atoms with E-state index in [-0.39, 0.29) is 35.3 Å². The fourth-order valence-corrected chi connectivity index (χ4v) is 4.42. The zero-order valence-electron chi connectivity index (χ0n) is 14.8. The summed E-state index contributed by atoms with van der Waals surface area (Å²) in [5.74, 6) is 0.770. The second-order valence-electron chi connectivity index (χ2n) is 6.11. The van der Waals surface area contributed by atoms with Crippen molar-refractivity contribution < 1.29 is 22.6 Å². The number of nitrogens with one attached hydrogen (secondary N) is 1. The van der Waals surface area contributed by atoms with Crippen LogP contribution in [0, 0.1) is 0 Å². The Morgan fingerprint density at radius 2 is 1.56 bits per heavy atom. The molecule has 1 saturated carbocycles. The fraction of sp³-hybridized carbons (Fsp3) is 0.625. The Balaban J connectivity index is 0.00000312. The molecular weight excluding hydrogens is 368 g/mol. The average Bonchev–Trinajstić information content (AvgIpc) is 2.59. The molecule has 0 aliphatic heterocycles. The number of halogens is 1. The summed E-state index contributed by atoms with van der Waals surface area (Å²) < 4.78 is 43.8. The molecule has 0 spiro atoms. The van der Waals surface area contributed by atoms with Crippen LogP contribution in [-0.4, -0.2) is 41.8 Å². The molecule has 0 atom stereocenters. The Morgan fingerprint density at radius 3 is 2.00 bits per heavy atom. The van der Waals surface area contributed by atoms with Crippen LogP contribution in [0.25, 0.3) is 0 Å². The molecule has 2 rings (SSSR count). The van der Waals surface area contributed by atoms with Gasteiger partial charge < -0.3 is 19.9 Å². The van der Waals surface area contributed by atoms with E-state index in [1.54, 1.807) is 0 Å². The zero-order valence-corrected chi connectivity index (χ0v) is 16.5. The van der Waals surface area contributed by atoms with Crippen LogP contribution in [0.2, 0.25) is 0 Å². The lowest BCUT2D eigenvalue weighted by atomic mass is 9.83. The highest BCUT2D eigenvalue weighted by Gasteiger charge is 2.32. The third kappa shape index (κ3) is 5.13. The monoisotopic (exact) mass is 394 g/mol. The van der Waals surface area contributed by atoms with Crippen LogP contribution in [0.5, 0.6) is 17.2 Å². The summed E-state index contributed by atoms with van der Waals surface area (Å²) in [5, 5.41) is 0. The number of nitrogens with two attached hydrogens (primary N) is 1. The highest BCUT2D eigenvalue weighted by atomic mass is 35.5. The maximum Gasteiger partial charge on any atom is 0.248 e. The van der Waals surface area contributed by atoms with E-state index < -0.39 is 15.6 Å². The quantitative estimate of drug-likeness (QED) is 0.734. The van der Waals surface area contributed by atoms with Crippen molar-refractivity contribution in [2.45, 2.75) is 42.5 Å². The minimum atomic E-state index is -3.84. The first kappa shape index (κ1) is 21.8. The van der Waals surface area contributed by atoms with Gasteiger partial charge in [-0.05, 0) is 12.8 Å². The number of hydrogen-bond donors (Lipinski definition) is 2. The Bertz CT molecular complexity index is 650. The molecule has 25 heavy (non-hydrogen) atoms. The Labute approximate surface area is 155 Å². The average molecular weight is 395 g/mol. The molecule has 0 radical (unpaired) electrons. The molecule has 1 aliphatic rings.